The van der Waals surface area contributed by atoms with Crippen LogP contribution >= 0.6 is 23.2 Å². The number of halogens is 3. The molecule has 1 amide bonds. The number of amides is 1. The van der Waals surface area contributed by atoms with E-state index in [9.17, 15) is 9.18 Å². The smallest absolute Gasteiger partial charge is 0.252 e. The van der Waals surface area contributed by atoms with Gasteiger partial charge in [-0.25, -0.2) is 4.39 Å². The normalized spacial score (nSPS) is 11.4. The number of aryl methyl sites for hydroxylation is 1. The summed E-state index contributed by atoms with van der Waals surface area (Å²) in [4.78, 5) is 12.0. The Morgan fingerprint density at radius 3 is 2.47 bits per heavy atom. The zero-order valence-corrected chi connectivity index (χ0v) is 11.2. The summed E-state index contributed by atoms with van der Waals surface area (Å²) in [5, 5.41) is 2.74. The van der Waals surface area contributed by atoms with Crippen LogP contribution < -0.4 is 5.32 Å². The number of alkyl halides is 2. The first kappa shape index (κ1) is 14.3. The second-order valence-electron chi connectivity index (χ2n) is 4.24. The van der Waals surface area contributed by atoms with Gasteiger partial charge < -0.3 is 5.32 Å². The molecule has 0 bridgehead atoms. The Balaban J connectivity index is 2.90. The molecule has 17 heavy (non-hydrogen) atoms. The van der Waals surface area contributed by atoms with Crippen molar-refractivity contribution in [2.45, 2.75) is 19.4 Å². The quantitative estimate of drug-likeness (QED) is 0.842. The summed E-state index contributed by atoms with van der Waals surface area (Å²) in [5.74, 6) is -0.242. The highest BCUT2D eigenvalue weighted by atomic mass is 35.5. The van der Waals surface area contributed by atoms with Crippen LogP contribution in [-0.4, -0.2) is 23.2 Å². The Morgan fingerprint density at radius 2 is 2.00 bits per heavy atom. The van der Waals surface area contributed by atoms with E-state index in [2.05, 4.69) is 5.32 Å². The Bertz CT molecular complexity index is 419. The lowest BCUT2D eigenvalue weighted by molar-refractivity contribution is 0.0920. The topological polar surface area (TPSA) is 29.1 Å². The van der Waals surface area contributed by atoms with E-state index in [0.29, 0.717) is 11.1 Å². The van der Waals surface area contributed by atoms with E-state index < -0.39 is 5.54 Å². The molecule has 0 atom stereocenters. The largest absolute Gasteiger partial charge is 0.344 e. The van der Waals surface area contributed by atoms with Gasteiger partial charge >= 0.3 is 0 Å². The van der Waals surface area contributed by atoms with Crippen LogP contribution in [0.1, 0.15) is 22.8 Å². The number of hydrogen-bond donors (Lipinski definition) is 1. The first-order valence-electron chi connectivity index (χ1n) is 5.12. The van der Waals surface area contributed by atoms with Gasteiger partial charge in [0.25, 0.3) is 5.91 Å². The van der Waals surface area contributed by atoms with Gasteiger partial charge in [-0.2, -0.15) is 0 Å². The van der Waals surface area contributed by atoms with E-state index in [1.807, 2.05) is 0 Å². The Kier molecular flexibility index (Phi) is 4.78. The highest BCUT2D eigenvalue weighted by molar-refractivity contribution is 6.22. The molecule has 0 aliphatic carbocycles. The third kappa shape index (κ3) is 3.58. The van der Waals surface area contributed by atoms with E-state index in [0.717, 1.165) is 0 Å². The molecule has 0 aliphatic rings. The number of hydrogen-bond acceptors (Lipinski definition) is 1. The fourth-order valence-corrected chi connectivity index (χ4v) is 1.75. The molecule has 0 saturated heterocycles. The molecule has 0 fully saturated rings. The van der Waals surface area contributed by atoms with Crippen molar-refractivity contribution in [3.05, 3.63) is 35.1 Å². The van der Waals surface area contributed by atoms with Gasteiger partial charge in [0, 0.05) is 17.3 Å². The first-order valence-corrected chi connectivity index (χ1v) is 6.19. The molecule has 1 aromatic carbocycles. The van der Waals surface area contributed by atoms with Gasteiger partial charge in [0.05, 0.1) is 5.54 Å². The van der Waals surface area contributed by atoms with E-state index in [1.54, 1.807) is 13.8 Å². The summed E-state index contributed by atoms with van der Waals surface area (Å²) < 4.78 is 12.9. The Morgan fingerprint density at radius 1 is 1.41 bits per heavy atom. The van der Waals surface area contributed by atoms with Crippen LogP contribution in [-0.2, 0) is 0 Å². The molecule has 0 saturated carbocycles. The lowest BCUT2D eigenvalue weighted by Gasteiger charge is -2.26. The van der Waals surface area contributed by atoms with Crippen molar-refractivity contribution >= 4 is 29.1 Å². The van der Waals surface area contributed by atoms with Crippen LogP contribution in [0.15, 0.2) is 18.2 Å². The molecule has 0 heterocycles. The lowest BCUT2D eigenvalue weighted by atomic mass is 10.0. The zero-order chi connectivity index (χ0) is 13.1. The highest BCUT2D eigenvalue weighted by Crippen LogP contribution is 2.14. The standard InChI is InChI=1S/C12H14Cl2FNO/c1-8-5-9(15)3-4-10(8)11(17)16-12(2,6-13)7-14/h3-5H,6-7H2,1-2H3,(H,16,17). The molecule has 1 aromatic rings. The average molecular weight is 278 g/mol. The minimum atomic E-state index is -0.666. The monoisotopic (exact) mass is 277 g/mol. The van der Waals surface area contributed by atoms with Crippen molar-refractivity contribution < 1.29 is 9.18 Å². The molecule has 0 unspecified atom stereocenters. The fraction of sp³-hybridized carbons (Fsp3) is 0.417. The van der Waals surface area contributed by atoms with Gasteiger partial charge in [-0.3, -0.25) is 4.79 Å². The second-order valence-corrected chi connectivity index (χ2v) is 4.78. The summed E-state index contributed by atoms with van der Waals surface area (Å²) in [6.07, 6.45) is 0. The predicted molar refractivity (Wildman–Crippen MR) is 68.4 cm³/mol. The minimum absolute atomic E-state index is 0.211. The molecule has 2 nitrogen and oxygen atoms in total. The Labute approximate surface area is 110 Å². The summed E-state index contributed by atoms with van der Waals surface area (Å²) in [7, 11) is 0. The molecule has 0 radical (unpaired) electrons. The molecule has 0 aromatic heterocycles. The van der Waals surface area contributed by atoms with E-state index in [1.165, 1.54) is 18.2 Å². The van der Waals surface area contributed by atoms with Crippen molar-refractivity contribution in [3.63, 3.8) is 0 Å². The summed E-state index contributed by atoms with van der Waals surface area (Å²) in [6, 6.07) is 4.01. The van der Waals surface area contributed by atoms with Crippen LogP contribution in [0.5, 0.6) is 0 Å². The average Bonchev–Trinajstić information content (AvgIpc) is 2.28. The van der Waals surface area contributed by atoms with Gasteiger partial charge in [0.2, 0.25) is 0 Å². The van der Waals surface area contributed by atoms with Crippen molar-refractivity contribution in [3.8, 4) is 0 Å². The molecular weight excluding hydrogens is 264 g/mol. The number of nitrogens with one attached hydrogen (secondary N) is 1. The fourth-order valence-electron chi connectivity index (χ4n) is 1.33. The molecule has 1 N–H and O–H groups in total. The van der Waals surface area contributed by atoms with Gasteiger partial charge in [0.1, 0.15) is 5.82 Å². The number of carbonyl (C=O) groups is 1. The maximum Gasteiger partial charge on any atom is 0.252 e. The predicted octanol–water partition coefficient (Wildman–Crippen LogP) is 3.10. The third-order valence-electron chi connectivity index (χ3n) is 2.44. The molecule has 0 spiro atoms. The van der Waals surface area contributed by atoms with Gasteiger partial charge in [-0.1, -0.05) is 0 Å². The summed E-state index contributed by atoms with van der Waals surface area (Å²) >= 11 is 11.5. The lowest BCUT2D eigenvalue weighted by Crippen LogP contribution is -2.49. The number of benzene rings is 1. The van der Waals surface area contributed by atoms with E-state index in [-0.39, 0.29) is 23.5 Å². The minimum Gasteiger partial charge on any atom is -0.344 e. The van der Waals surface area contributed by atoms with Crippen molar-refractivity contribution in [2.75, 3.05) is 11.8 Å². The third-order valence-corrected chi connectivity index (χ3v) is 3.62. The summed E-state index contributed by atoms with van der Waals surface area (Å²) in [6.45, 7) is 3.43. The van der Waals surface area contributed by atoms with E-state index >= 15 is 0 Å². The molecule has 0 aliphatic heterocycles. The zero-order valence-electron chi connectivity index (χ0n) is 9.69. The van der Waals surface area contributed by atoms with Gasteiger partial charge in [0.15, 0.2) is 0 Å². The molecule has 5 heteroatoms. The molecule has 1 rings (SSSR count). The maximum atomic E-state index is 12.9. The van der Waals surface area contributed by atoms with Crippen LogP contribution in [0.4, 0.5) is 4.39 Å². The number of carbonyl (C=O) groups excluding carboxylic acids is 1. The van der Waals surface area contributed by atoms with Gasteiger partial charge in [-0.15, -0.1) is 23.2 Å². The van der Waals surface area contributed by atoms with Crippen molar-refractivity contribution in [2.24, 2.45) is 0 Å². The van der Waals surface area contributed by atoms with Crippen LogP contribution in [0.3, 0.4) is 0 Å². The SMILES string of the molecule is Cc1cc(F)ccc1C(=O)NC(C)(CCl)CCl. The first-order chi connectivity index (χ1) is 7.91. The van der Waals surface area contributed by atoms with Crippen LogP contribution in [0.25, 0.3) is 0 Å². The second kappa shape index (κ2) is 5.69. The van der Waals surface area contributed by atoms with Gasteiger partial charge in [-0.05, 0) is 37.6 Å². The van der Waals surface area contributed by atoms with Crippen LogP contribution in [0.2, 0.25) is 0 Å². The van der Waals surface area contributed by atoms with Crippen LogP contribution in [0, 0.1) is 12.7 Å². The van der Waals surface area contributed by atoms with Crippen molar-refractivity contribution in [1.29, 1.82) is 0 Å². The highest BCUT2D eigenvalue weighted by Gasteiger charge is 2.25. The Hall–Kier alpha value is -0.800. The maximum absolute atomic E-state index is 12.9. The molecular formula is C12H14Cl2FNO. The molecule has 94 valence electrons. The summed E-state index contributed by atoms with van der Waals surface area (Å²) in [5.41, 5.74) is 0.336. The number of rotatable bonds is 4. The van der Waals surface area contributed by atoms with Crippen molar-refractivity contribution in [1.82, 2.24) is 5.32 Å². The van der Waals surface area contributed by atoms with E-state index in [4.69, 9.17) is 23.2 Å².